The van der Waals surface area contributed by atoms with E-state index in [1.165, 1.54) is 70.6 Å². The van der Waals surface area contributed by atoms with Crippen LogP contribution in [0.4, 0.5) is 0 Å². The Bertz CT molecular complexity index is 188. The van der Waals surface area contributed by atoms with Crippen molar-refractivity contribution in [3.8, 4) is 0 Å². The fourth-order valence-corrected chi connectivity index (χ4v) is 1.95. The van der Waals surface area contributed by atoms with Crippen LogP contribution >= 0.6 is 0 Å². The van der Waals surface area contributed by atoms with Gasteiger partial charge in [0.2, 0.25) is 0 Å². The minimum absolute atomic E-state index is 1.09. The summed E-state index contributed by atoms with van der Waals surface area (Å²) in [5.41, 5.74) is 0. The zero-order valence-electron chi connectivity index (χ0n) is 12.5. The van der Waals surface area contributed by atoms with Crippen molar-refractivity contribution in [1.82, 2.24) is 0 Å². The summed E-state index contributed by atoms with van der Waals surface area (Å²) in [7, 11) is 0. The van der Waals surface area contributed by atoms with E-state index in [0.29, 0.717) is 0 Å². The SMILES string of the molecule is [CH2]CCCCCC=CCCCCCC=CCCC. The standard InChI is InChI=1S/C18H33/c1-3-5-7-9-11-13-15-17-18-16-14-12-10-8-6-4-2/h8,10,13,15H,1,3-7,9,11-12,14,16-18H2,2H3. The van der Waals surface area contributed by atoms with Crippen LogP contribution in [0, 0.1) is 6.92 Å². The van der Waals surface area contributed by atoms with E-state index < -0.39 is 0 Å². The van der Waals surface area contributed by atoms with E-state index in [2.05, 4.69) is 38.2 Å². The highest BCUT2D eigenvalue weighted by Crippen LogP contribution is 2.07. The van der Waals surface area contributed by atoms with Crippen molar-refractivity contribution in [2.24, 2.45) is 0 Å². The van der Waals surface area contributed by atoms with Crippen LogP contribution in [0.2, 0.25) is 0 Å². The molecule has 0 aliphatic rings. The van der Waals surface area contributed by atoms with E-state index in [1.807, 2.05) is 0 Å². The Balaban J connectivity index is 3.08. The molecular weight excluding hydrogens is 216 g/mol. The summed E-state index contributed by atoms with van der Waals surface area (Å²) in [5.74, 6) is 0. The van der Waals surface area contributed by atoms with Gasteiger partial charge >= 0.3 is 0 Å². The molecule has 0 aromatic rings. The molecule has 0 aromatic heterocycles. The molecule has 0 amide bonds. The lowest BCUT2D eigenvalue weighted by Crippen LogP contribution is -1.76. The number of rotatable bonds is 13. The summed E-state index contributed by atoms with van der Waals surface area (Å²) < 4.78 is 0. The van der Waals surface area contributed by atoms with Gasteiger partial charge in [-0.25, -0.2) is 0 Å². The number of hydrogen-bond acceptors (Lipinski definition) is 0. The first-order valence-electron chi connectivity index (χ1n) is 8.01. The van der Waals surface area contributed by atoms with Gasteiger partial charge in [-0.1, -0.05) is 70.3 Å². The first-order valence-corrected chi connectivity index (χ1v) is 8.01. The van der Waals surface area contributed by atoms with E-state index in [4.69, 9.17) is 0 Å². The summed E-state index contributed by atoms with van der Waals surface area (Å²) in [6.45, 7) is 6.09. The van der Waals surface area contributed by atoms with Crippen LogP contribution in [0.5, 0.6) is 0 Å². The lowest BCUT2D eigenvalue weighted by atomic mass is 10.1. The molecule has 0 aliphatic carbocycles. The predicted molar refractivity (Wildman–Crippen MR) is 84.7 cm³/mol. The third-order valence-corrected chi connectivity index (χ3v) is 3.15. The minimum Gasteiger partial charge on any atom is -0.0885 e. The zero-order chi connectivity index (χ0) is 13.3. The second-order valence-electron chi connectivity index (χ2n) is 5.07. The molecule has 0 rings (SSSR count). The van der Waals surface area contributed by atoms with Crippen LogP contribution in [0.25, 0.3) is 0 Å². The molecule has 0 fully saturated rings. The maximum absolute atomic E-state index is 3.86. The molecule has 0 bridgehead atoms. The van der Waals surface area contributed by atoms with Gasteiger partial charge in [-0.05, 0) is 44.9 Å². The first kappa shape index (κ1) is 17.5. The van der Waals surface area contributed by atoms with Gasteiger partial charge in [0.15, 0.2) is 0 Å². The fraction of sp³-hybridized carbons (Fsp3) is 0.722. The highest BCUT2D eigenvalue weighted by molar-refractivity contribution is 4.82. The number of hydrogen-bond donors (Lipinski definition) is 0. The van der Waals surface area contributed by atoms with Crippen LogP contribution < -0.4 is 0 Å². The maximum atomic E-state index is 3.86. The normalized spacial score (nSPS) is 11.9. The molecule has 0 saturated heterocycles. The Kier molecular flexibility index (Phi) is 16.0. The summed E-state index contributed by atoms with van der Waals surface area (Å²) in [4.78, 5) is 0. The molecule has 0 heteroatoms. The van der Waals surface area contributed by atoms with Crippen molar-refractivity contribution in [3.05, 3.63) is 31.2 Å². The molecule has 0 atom stereocenters. The third-order valence-electron chi connectivity index (χ3n) is 3.15. The average Bonchev–Trinajstić information content (AvgIpc) is 2.39. The smallest absolute Gasteiger partial charge is 0.0351 e. The molecule has 0 saturated carbocycles. The van der Waals surface area contributed by atoms with Crippen molar-refractivity contribution < 1.29 is 0 Å². The van der Waals surface area contributed by atoms with E-state index in [-0.39, 0.29) is 0 Å². The van der Waals surface area contributed by atoms with Crippen LogP contribution in [0.15, 0.2) is 24.3 Å². The van der Waals surface area contributed by atoms with Crippen molar-refractivity contribution in [2.75, 3.05) is 0 Å². The quantitative estimate of drug-likeness (QED) is 0.254. The van der Waals surface area contributed by atoms with Crippen molar-refractivity contribution in [3.63, 3.8) is 0 Å². The third kappa shape index (κ3) is 15.5. The second kappa shape index (κ2) is 16.5. The molecule has 0 nitrogen and oxygen atoms in total. The van der Waals surface area contributed by atoms with Gasteiger partial charge in [0.25, 0.3) is 0 Å². The Morgan fingerprint density at radius 1 is 0.611 bits per heavy atom. The molecule has 0 spiro atoms. The number of unbranched alkanes of at least 4 members (excludes halogenated alkanes) is 9. The van der Waals surface area contributed by atoms with Gasteiger partial charge in [0.1, 0.15) is 0 Å². The summed E-state index contributed by atoms with van der Waals surface area (Å²) in [6, 6.07) is 0. The van der Waals surface area contributed by atoms with Gasteiger partial charge in [-0.15, -0.1) is 0 Å². The highest BCUT2D eigenvalue weighted by atomic mass is 13.9. The molecule has 0 heterocycles. The lowest BCUT2D eigenvalue weighted by Gasteiger charge is -1.96. The lowest BCUT2D eigenvalue weighted by molar-refractivity contribution is 0.684. The highest BCUT2D eigenvalue weighted by Gasteiger charge is 1.87. The Hall–Kier alpha value is -0.520. The summed E-state index contributed by atoms with van der Waals surface area (Å²) >= 11 is 0. The fourth-order valence-electron chi connectivity index (χ4n) is 1.95. The van der Waals surface area contributed by atoms with Crippen molar-refractivity contribution in [2.45, 2.75) is 84.0 Å². The van der Waals surface area contributed by atoms with Crippen molar-refractivity contribution in [1.29, 1.82) is 0 Å². The second-order valence-corrected chi connectivity index (χ2v) is 5.07. The number of allylic oxidation sites excluding steroid dienone is 4. The van der Waals surface area contributed by atoms with Gasteiger partial charge < -0.3 is 0 Å². The molecule has 18 heavy (non-hydrogen) atoms. The maximum Gasteiger partial charge on any atom is -0.0351 e. The Labute approximate surface area is 116 Å². The zero-order valence-corrected chi connectivity index (χ0v) is 12.5. The first-order chi connectivity index (χ1) is 8.91. The van der Waals surface area contributed by atoms with Crippen LogP contribution in [-0.4, -0.2) is 0 Å². The molecule has 0 aliphatic heterocycles. The van der Waals surface area contributed by atoms with Gasteiger partial charge in [0, 0.05) is 0 Å². The van der Waals surface area contributed by atoms with Crippen LogP contribution in [-0.2, 0) is 0 Å². The van der Waals surface area contributed by atoms with Crippen LogP contribution in [0.3, 0.4) is 0 Å². The van der Waals surface area contributed by atoms with Gasteiger partial charge in [-0.2, -0.15) is 0 Å². The summed E-state index contributed by atoms with van der Waals surface area (Å²) in [5, 5.41) is 0. The molecule has 105 valence electrons. The minimum atomic E-state index is 1.09. The van der Waals surface area contributed by atoms with E-state index in [0.717, 1.165) is 6.42 Å². The molecule has 0 unspecified atom stereocenters. The monoisotopic (exact) mass is 249 g/mol. The summed E-state index contributed by atoms with van der Waals surface area (Å²) in [6.07, 6.45) is 24.9. The molecule has 0 N–H and O–H groups in total. The predicted octanol–water partition coefficient (Wildman–Crippen LogP) is 6.63. The van der Waals surface area contributed by atoms with Crippen molar-refractivity contribution >= 4 is 0 Å². The van der Waals surface area contributed by atoms with Gasteiger partial charge in [0.05, 0.1) is 0 Å². The molecular formula is C18H33. The molecule has 1 radical (unpaired) electrons. The largest absolute Gasteiger partial charge is 0.0885 e. The van der Waals surface area contributed by atoms with Crippen LogP contribution in [0.1, 0.15) is 84.0 Å². The molecule has 0 aromatic carbocycles. The van der Waals surface area contributed by atoms with E-state index >= 15 is 0 Å². The average molecular weight is 249 g/mol. The Morgan fingerprint density at radius 3 is 1.50 bits per heavy atom. The van der Waals surface area contributed by atoms with E-state index in [9.17, 15) is 0 Å². The van der Waals surface area contributed by atoms with E-state index in [1.54, 1.807) is 0 Å². The van der Waals surface area contributed by atoms with Gasteiger partial charge in [-0.3, -0.25) is 0 Å². The Morgan fingerprint density at radius 2 is 1.06 bits per heavy atom. The topological polar surface area (TPSA) is 0 Å².